The minimum Gasteiger partial charge on any atom is -0.387 e. The SMILES string of the molecule is O=C(NCc1ccncc1)C1=NO[C@@]2(CCCNC2)C1. The molecule has 1 amide bonds. The summed E-state index contributed by atoms with van der Waals surface area (Å²) >= 11 is 0. The summed E-state index contributed by atoms with van der Waals surface area (Å²) in [6, 6.07) is 3.75. The van der Waals surface area contributed by atoms with Crippen LogP contribution < -0.4 is 10.6 Å². The van der Waals surface area contributed by atoms with Crippen molar-refractivity contribution in [2.45, 2.75) is 31.4 Å². The zero-order valence-corrected chi connectivity index (χ0v) is 11.3. The van der Waals surface area contributed by atoms with Crippen molar-refractivity contribution in [3.8, 4) is 0 Å². The van der Waals surface area contributed by atoms with Crippen LogP contribution in [0.3, 0.4) is 0 Å². The molecule has 2 N–H and O–H groups in total. The zero-order valence-electron chi connectivity index (χ0n) is 11.3. The van der Waals surface area contributed by atoms with E-state index < -0.39 is 0 Å². The van der Waals surface area contributed by atoms with Gasteiger partial charge in [0.15, 0.2) is 5.60 Å². The Morgan fingerprint density at radius 3 is 3.05 bits per heavy atom. The fourth-order valence-electron chi connectivity index (χ4n) is 2.60. The molecule has 3 heterocycles. The molecule has 1 atom stereocenters. The Morgan fingerprint density at radius 1 is 1.45 bits per heavy atom. The van der Waals surface area contributed by atoms with Crippen LogP contribution >= 0.6 is 0 Å². The van der Waals surface area contributed by atoms with E-state index in [1.165, 1.54) is 0 Å². The number of amides is 1. The van der Waals surface area contributed by atoms with Crippen molar-refractivity contribution in [3.05, 3.63) is 30.1 Å². The molecule has 3 rings (SSSR count). The van der Waals surface area contributed by atoms with Crippen molar-refractivity contribution < 1.29 is 9.63 Å². The second-order valence-electron chi connectivity index (χ2n) is 5.31. The number of pyridine rings is 1. The first-order chi connectivity index (χ1) is 9.77. The predicted molar refractivity (Wildman–Crippen MR) is 74.1 cm³/mol. The van der Waals surface area contributed by atoms with Crippen molar-refractivity contribution in [3.63, 3.8) is 0 Å². The first-order valence-electron chi connectivity index (χ1n) is 6.90. The minimum atomic E-state index is -0.304. The molecule has 0 bridgehead atoms. The van der Waals surface area contributed by atoms with Gasteiger partial charge in [-0.05, 0) is 37.1 Å². The first kappa shape index (κ1) is 13.1. The van der Waals surface area contributed by atoms with Crippen LogP contribution in [0.2, 0.25) is 0 Å². The molecule has 2 aliphatic heterocycles. The minimum absolute atomic E-state index is 0.149. The van der Waals surface area contributed by atoms with Gasteiger partial charge >= 0.3 is 0 Å². The lowest BCUT2D eigenvalue weighted by molar-refractivity contribution is -0.115. The molecule has 20 heavy (non-hydrogen) atoms. The third kappa shape index (κ3) is 2.80. The van der Waals surface area contributed by atoms with Gasteiger partial charge in [-0.25, -0.2) is 0 Å². The van der Waals surface area contributed by atoms with E-state index in [1.54, 1.807) is 12.4 Å². The van der Waals surface area contributed by atoms with Gasteiger partial charge in [0, 0.05) is 31.9 Å². The van der Waals surface area contributed by atoms with Gasteiger partial charge in [0.2, 0.25) is 0 Å². The average Bonchev–Trinajstić information content (AvgIpc) is 2.90. The molecular formula is C14H18N4O2. The highest BCUT2D eigenvalue weighted by molar-refractivity contribution is 6.39. The molecule has 1 fully saturated rings. The molecule has 6 heteroatoms. The fourth-order valence-corrected chi connectivity index (χ4v) is 2.60. The second kappa shape index (κ2) is 5.58. The van der Waals surface area contributed by atoms with Crippen LogP contribution in [0.25, 0.3) is 0 Å². The van der Waals surface area contributed by atoms with Gasteiger partial charge < -0.3 is 15.5 Å². The van der Waals surface area contributed by atoms with E-state index in [9.17, 15) is 4.79 Å². The smallest absolute Gasteiger partial charge is 0.269 e. The Morgan fingerprint density at radius 2 is 2.30 bits per heavy atom. The lowest BCUT2D eigenvalue weighted by Gasteiger charge is -2.30. The normalized spacial score (nSPS) is 25.1. The van der Waals surface area contributed by atoms with Crippen LogP contribution in [0.4, 0.5) is 0 Å². The van der Waals surface area contributed by atoms with Crippen molar-refractivity contribution in [1.82, 2.24) is 15.6 Å². The third-order valence-electron chi connectivity index (χ3n) is 3.74. The number of nitrogens with zero attached hydrogens (tertiary/aromatic N) is 2. The van der Waals surface area contributed by atoms with E-state index in [-0.39, 0.29) is 11.5 Å². The summed E-state index contributed by atoms with van der Waals surface area (Å²) in [6.07, 6.45) is 6.01. The summed E-state index contributed by atoms with van der Waals surface area (Å²) in [5.74, 6) is -0.149. The number of oxime groups is 1. The van der Waals surface area contributed by atoms with Crippen molar-refractivity contribution in [2.75, 3.05) is 13.1 Å². The maximum atomic E-state index is 12.1. The van der Waals surface area contributed by atoms with Crippen molar-refractivity contribution >= 4 is 11.6 Å². The van der Waals surface area contributed by atoms with E-state index in [0.717, 1.165) is 31.5 Å². The highest BCUT2D eigenvalue weighted by Gasteiger charge is 2.42. The fraction of sp³-hybridized carbons (Fsp3) is 0.500. The van der Waals surface area contributed by atoms with E-state index in [1.807, 2.05) is 12.1 Å². The molecule has 0 unspecified atom stereocenters. The second-order valence-corrected chi connectivity index (χ2v) is 5.31. The summed E-state index contributed by atoms with van der Waals surface area (Å²) in [5.41, 5.74) is 1.20. The number of hydrogen-bond acceptors (Lipinski definition) is 5. The van der Waals surface area contributed by atoms with Gasteiger partial charge in [0.25, 0.3) is 5.91 Å². The van der Waals surface area contributed by atoms with Gasteiger partial charge in [-0.3, -0.25) is 9.78 Å². The van der Waals surface area contributed by atoms with Gasteiger partial charge in [0.1, 0.15) is 5.71 Å². The number of aromatic nitrogens is 1. The van der Waals surface area contributed by atoms with Crippen molar-refractivity contribution in [1.29, 1.82) is 0 Å². The summed E-state index contributed by atoms with van der Waals surface area (Å²) in [5, 5.41) is 10.1. The standard InChI is InChI=1S/C14H18N4O2/c19-13(17-9-11-2-6-15-7-3-11)12-8-14(20-18-12)4-1-5-16-10-14/h2-3,6-7,16H,1,4-5,8-10H2,(H,17,19)/t14-/m0/s1. The summed E-state index contributed by atoms with van der Waals surface area (Å²) in [7, 11) is 0. The molecule has 0 radical (unpaired) electrons. The lowest BCUT2D eigenvalue weighted by Crippen LogP contribution is -2.46. The van der Waals surface area contributed by atoms with Gasteiger partial charge in [-0.2, -0.15) is 0 Å². The van der Waals surface area contributed by atoms with Crippen LogP contribution in [-0.2, 0) is 16.2 Å². The third-order valence-corrected chi connectivity index (χ3v) is 3.74. The summed E-state index contributed by atoms with van der Waals surface area (Å²) in [4.78, 5) is 21.6. The molecule has 1 spiro atoms. The monoisotopic (exact) mass is 274 g/mol. The first-order valence-corrected chi connectivity index (χ1v) is 6.90. The number of carbonyl (C=O) groups is 1. The zero-order chi connectivity index (χ0) is 13.8. The number of nitrogens with one attached hydrogen (secondary N) is 2. The Bertz CT molecular complexity index is 509. The van der Waals surface area contributed by atoms with E-state index in [4.69, 9.17) is 4.84 Å². The van der Waals surface area contributed by atoms with Gasteiger partial charge in [-0.1, -0.05) is 5.16 Å². The largest absolute Gasteiger partial charge is 0.387 e. The molecule has 2 aliphatic rings. The number of piperidine rings is 1. The van der Waals surface area contributed by atoms with Crippen LogP contribution in [0.15, 0.2) is 29.7 Å². The van der Waals surface area contributed by atoms with Crippen LogP contribution in [0, 0.1) is 0 Å². The summed E-state index contributed by atoms with van der Waals surface area (Å²) in [6.45, 7) is 2.25. The van der Waals surface area contributed by atoms with Crippen LogP contribution in [0.5, 0.6) is 0 Å². The highest BCUT2D eigenvalue weighted by Crippen LogP contribution is 2.30. The number of carbonyl (C=O) groups excluding carboxylic acids is 1. The molecular weight excluding hydrogens is 256 g/mol. The molecule has 106 valence electrons. The molecule has 6 nitrogen and oxygen atoms in total. The molecule has 1 saturated heterocycles. The lowest BCUT2D eigenvalue weighted by atomic mass is 9.89. The predicted octanol–water partition coefficient (Wildman–Crippen LogP) is 0.596. The maximum Gasteiger partial charge on any atom is 0.269 e. The topological polar surface area (TPSA) is 75.6 Å². The number of rotatable bonds is 3. The average molecular weight is 274 g/mol. The van der Waals surface area contributed by atoms with Crippen molar-refractivity contribution in [2.24, 2.45) is 5.16 Å². The van der Waals surface area contributed by atoms with Gasteiger partial charge in [-0.15, -0.1) is 0 Å². The Balaban J connectivity index is 1.53. The van der Waals surface area contributed by atoms with Gasteiger partial charge in [0.05, 0.1) is 0 Å². The number of hydrogen-bond donors (Lipinski definition) is 2. The van der Waals surface area contributed by atoms with Crippen LogP contribution in [0.1, 0.15) is 24.8 Å². The Hall–Kier alpha value is -1.95. The van der Waals surface area contributed by atoms with Crippen LogP contribution in [-0.4, -0.2) is 35.3 Å². The molecule has 1 aromatic rings. The molecule has 0 aromatic carbocycles. The Labute approximate surface area is 117 Å². The highest BCUT2D eigenvalue weighted by atomic mass is 16.7. The van der Waals surface area contributed by atoms with E-state index in [0.29, 0.717) is 18.7 Å². The summed E-state index contributed by atoms with van der Waals surface area (Å²) < 4.78 is 0. The quantitative estimate of drug-likeness (QED) is 0.846. The molecule has 0 saturated carbocycles. The van der Waals surface area contributed by atoms with E-state index >= 15 is 0 Å². The maximum absolute atomic E-state index is 12.1. The Kier molecular flexibility index (Phi) is 3.64. The van der Waals surface area contributed by atoms with E-state index in [2.05, 4.69) is 20.8 Å². The molecule has 1 aromatic heterocycles. The molecule has 0 aliphatic carbocycles.